The number of fused-ring (bicyclic) bond motifs is 1. The number of nitrogens with zero attached hydrogens (tertiary/aromatic N) is 4. The number of amides is 1. The van der Waals surface area contributed by atoms with Gasteiger partial charge >= 0.3 is 0 Å². The summed E-state index contributed by atoms with van der Waals surface area (Å²) in [6.07, 6.45) is 2.15. The Bertz CT molecular complexity index is 869. The third-order valence-electron chi connectivity index (χ3n) is 5.71. The first-order valence-corrected chi connectivity index (χ1v) is 9.73. The normalized spacial score (nSPS) is 18.4. The largest absolute Gasteiger partial charge is 0.369 e. The maximum absolute atomic E-state index is 13.1. The number of aromatic nitrogens is 1. The summed E-state index contributed by atoms with van der Waals surface area (Å²) in [5.74, 6) is -0.234. The lowest BCUT2D eigenvalue weighted by Crippen LogP contribution is -2.49. The van der Waals surface area contributed by atoms with Gasteiger partial charge in [-0.25, -0.2) is 4.39 Å². The first-order valence-electron chi connectivity index (χ1n) is 9.73. The number of rotatable bonds is 4. The maximum atomic E-state index is 13.1. The molecule has 2 aliphatic heterocycles. The SMILES string of the molecule is Cn1ccc2c1C(=O)CCN(CCN1CCN(c3ccc(F)cc3)CC1)C2=O. The van der Waals surface area contributed by atoms with Gasteiger partial charge in [-0.3, -0.25) is 14.5 Å². The average Bonchev–Trinajstić information content (AvgIpc) is 3.04. The van der Waals surface area contributed by atoms with Gasteiger partial charge in [0.2, 0.25) is 0 Å². The van der Waals surface area contributed by atoms with Gasteiger partial charge in [0.25, 0.3) is 5.91 Å². The molecule has 3 heterocycles. The van der Waals surface area contributed by atoms with Crippen molar-refractivity contribution in [3.8, 4) is 0 Å². The zero-order valence-electron chi connectivity index (χ0n) is 16.1. The number of halogens is 1. The molecule has 0 bridgehead atoms. The zero-order valence-corrected chi connectivity index (χ0v) is 16.1. The molecule has 7 heteroatoms. The molecule has 2 aliphatic rings. The van der Waals surface area contributed by atoms with Gasteiger partial charge in [-0.15, -0.1) is 0 Å². The molecule has 1 amide bonds. The lowest BCUT2D eigenvalue weighted by atomic mass is 10.1. The second-order valence-corrected chi connectivity index (χ2v) is 7.46. The Morgan fingerprint density at radius 2 is 1.64 bits per heavy atom. The lowest BCUT2D eigenvalue weighted by Gasteiger charge is -2.37. The smallest absolute Gasteiger partial charge is 0.256 e. The van der Waals surface area contributed by atoms with Crippen molar-refractivity contribution < 1.29 is 14.0 Å². The van der Waals surface area contributed by atoms with Crippen LogP contribution in [0.25, 0.3) is 0 Å². The van der Waals surface area contributed by atoms with Crippen LogP contribution in [0.5, 0.6) is 0 Å². The van der Waals surface area contributed by atoms with E-state index in [2.05, 4.69) is 9.80 Å². The molecule has 0 radical (unpaired) electrons. The summed E-state index contributed by atoms with van der Waals surface area (Å²) in [7, 11) is 1.81. The number of carbonyl (C=O) groups is 2. The summed E-state index contributed by atoms with van der Waals surface area (Å²) >= 11 is 0. The Labute approximate surface area is 164 Å². The van der Waals surface area contributed by atoms with Crippen molar-refractivity contribution in [2.45, 2.75) is 6.42 Å². The van der Waals surface area contributed by atoms with Crippen LogP contribution in [0, 0.1) is 5.82 Å². The van der Waals surface area contributed by atoms with Crippen LogP contribution >= 0.6 is 0 Å². The van der Waals surface area contributed by atoms with Gasteiger partial charge in [-0.2, -0.15) is 0 Å². The number of hydrogen-bond donors (Lipinski definition) is 0. The fourth-order valence-electron chi connectivity index (χ4n) is 4.03. The fraction of sp³-hybridized carbons (Fsp3) is 0.429. The molecular weight excluding hydrogens is 359 g/mol. The Morgan fingerprint density at radius 3 is 2.36 bits per heavy atom. The summed E-state index contributed by atoms with van der Waals surface area (Å²) in [6, 6.07) is 8.36. The molecular formula is C21H25FN4O2. The van der Waals surface area contributed by atoms with Gasteiger partial charge in [-0.1, -0.05) is 0 Å². The van der Waals surface area contributed by atoms with E-state index < -0.39 is 0 Å². The van der Waals surface area contributed by atoms with Crippen molar-refractivity contribution in [1.82, 2.24) is 14.4 Å². The van der Waals surface area contributed by atoms with Crippen LogP contribution in [-0.2, 0) is 7.05 Å². The molecule has 6 nitrogen and oxygen atoms in total. The fourth-order valence-corrected chi connectivity index (χ4v) is 4.03. The predicted molar refractivity (Wildman–Crippen MR) is 105 cm³/mol. The van der Waals surface area contributed by atoms with Gasteiger partial charge in [0.05, 0.1) is 11.3 Å². The zero-order chi connectivity index (χ0) is 19.7. The van der Waals surface area contributed by atoms with E-state index in [1.807, 2.05) is 12.1 Å². The summed E-state index contributed by atoms with van der Waals surface area (Å²) in [5.41, 5.74) is 2.09. The van der Waals surface area contributed by atoms with Crippen molar-refractivity contribution in [1.29, 1.82) is 0 Å². The van der Waals surface area contributed by atoms with Crippen LogP contribution in [0.1, 0.15) is 27.3 Å². The van der Waals surface area contributed by atoms with Crippen LogP contribution in [0.3, 0.4) is 0 Å². The number of anilines is 1. The molecule has 28 heavy (non-hydrogen) atoms. The van der Waals surface area contributed by atoms with E-state index in [9.17, 15) is 14.0 Å². The maximum Gasteiger partial charge on any atom is 0.256 e. The minimum absolute atomic E-state index is 0.0336. The topological polar surface area (TPSA) is 48.8 Å². The lowest BCUT2D eigenvalue weighted by molar-refractivity contribution is 0.0736. The molecule has 0 saturated carbocycles. The first-order chi connectivity index (χ1) is 13.5. The molecule has 1 aromatic carbocycles. The highest BCUT2D eigenvalue weighted by Gasteiger charge is 2.29. The Balaban J connectivity index is 1.32. The number of Topliss-reactive ketones (excluding diaryl/α,β-unsaturated/α-hetero) is 1. The minimum Gasteiger partial charge on any atom is -0.369 e. The molecule has 1 fully saturated rings. The van der Waals surface area contributed by atoms with Crippen LogP contribution < -0.4 is 4.90 Å². The van der Waals surface area contributed by atoms with E-state index in [1.165, 1.54) is 12.1 Å². The third-order valence-corrected chi connectivity index (χ3v) is 5.71. The summed E-state index contributed by atoms with van der Waals surface area (Å²) in [5, 5.41) is 0. The quantitative estimate of drug-likeness (QED) is 0.809. The Hall–Kier alpha value is -2.67. The van der Waals surface area contributed by atoms with Crippen molar-refractivity contribution in [3.05, 3.63) is 53.6 Å². The van der Waals surface area contributed by atoms with Crippen molar-refractivity contribution in [2.24, 2.45) is 7.05 Å². The molecule has 2 aromatic rings. The second-order valence-electron chi connectivity index (χ2n) is 7.46. The first kappa shape index (κ1) is 18.7. The molecule has 0 atom stereocenters. The molecule has 0 N–H and O–H groups in total. The molecule has 4 rings (SSSR count). The van der Waals surface area contributed by atoms with Crippen LogP contribution in [-0.4, -0.2) is 71.9 Å². The van der Waals surface area contributed by atoms with Gasteiger partial charge in [0.15, 0.2) is 5.78 Å². The van der Waals surface area contributed by atoms with Gasteiger partial charge in [0, 0.05) is 71.2 Å². The second kappa shape index (κ2) is 7.75. The van der Waals surface area contributed by atoms with E-state index in [1.54, 1.807) is 28.8 Å². The van der Waals surface area contributed by atoms with E-state index >= 15 is 0 Å². The Morgan fingerprint density at radius 1 is 0.929 bits per heavy atom. The van der Waals surface area contributed by atoms with Crippen LogP contribution in [0.2, 0.25) is 0 Å². The van der Waals surface area contributed by atoms with Gasteiger partial charge in [0.1, 0.15) is 5.82 Å². The van der Waals surface area contributed by atoms with Crippen LogP contribution in [0.15, 0.2) is 36.5 Å². The monoisotopic (exact) mass is 384 g/mol. The molecule has 1 saturated heterocycles. The summed E-state index contributed by atoms with van der Waals surface area (Å²) in [4.78, 5) is 31.6. The highest BCUT2D eigenvalue weighted by atomic mass is 19.1. The highest BCUT2D eigenvalue weighted by molar-refractivity contribution is 6.08. The van der Waals surface area contributed by atoms with Crippen LogP contribution in [0.4, 0.5) is 10.1 Å². The molecule has 0 spiro atoms. The summed E-state index contributed by atoms with van der Waals surface area (Å²) in [6.45, 7) is 5.43. The molecule has 0 aliphatic carbocycles. The van der Waals surface area contributed by atoms with E-state index in [-0.39, 0.29) is 17.5 Å². The number of ketones is 1. The van der Waals surface area contributed by atoms with Crippen molar-refractivity contribution in [2.75, 3.05) is 50.7 Å². The minimum atomic E-state index is -0.218. The number of hydrogen-bond acceptors (Lipinski definition) is 4. The predicted octanol–water partition coefficient (Wildman–Crippen LogP) is 2.01. The average molecular weight is 384 g/mol. The van der Waals surface area contributed by atoms with E-state index in [0.717, 1.165) is 38.4 Å². The highest BCUT2D eigenvalue weighted by Crippen LogP contribution is 2.20. The Kier molecular flexibility index (Phi) is 5.17. The number of benzene rings is 1. The molecule has 148 valence electrons. The van der Waals surface area contributed by atoms with Gasteiger partial charge < -0.3 is 14.4 Å². The van der Waals surface area contributed by atoms with Crippen molar-refractivity contribution >= 4 is 17.4 Å². The van der Waals surface area contributed by atoms with Crippen molar-refractivity contribution in [3.63, 3.8) is 0 Å². The van der Waals surface area contributed by atoms with E-state index in [0.29, 0.717) is 30.8 Å². The number of carbonyl (C=O) groups excluding carboxylic acids is 2. The van der Waals surface area contributed by atoms with E-state index in [4.69, 9.17) is 0 Å². The standard InChI is InChI=1S/C21H25FN4O2/c1-23-8-6-18-20(23)19(27)7-9-26(21(18)28)15-12-24-10-13-25(14-11-24)17-4-2-16(22)3-5-17/h2-6,8H,7,9-15H2,1H3. The molecule has 0 unspecified atom stereocenters. The summed E-state index contributed by atoms with van der Waals surface area (Å²) < 4.78 is 14.8. The van der Waals surface area contributed by atoms with Gasteiger partial charge in [-0.05, 0) is 30.3 Å². The number of piperazine rings is 1. The number of aryl methyl sites for hydroxylation is 1. The third kappa shape index (κ3) is 3.67. The molecule has 1 aromatic heterocycles.